The van der Waals surface area contributed by atoms with Crippen molar-refractivity contribution in [3.8, 4) is 0 Å². The van der Waals surface area contributed by atoms with Gasteiger partial charge in [-0.15, -0.1) is 0 Å². The Bertz CT molecular complexity index is 427. The lowest BCUT2D eigenvalue weighted by molar-refractivity contribution is -0.139. The third kappa shape index (κ3) is 3.12. The van der Waals surface area contributed by atoms with Crippen molar-refractivity contribution in [2.45, 2.75) is 6.42 Å². The van der Waals surface area contributed by atoms with Gasteiger partial charge in [-0.05, 0) is 6.07 Å². The number of hydrogen-bond acceptors (Lipinski definition) is 2. The van der Waals surface area contributed by atoms with E-state index in [0.29, 0.717) is 6.07 Å². The zero-order chi connectivity index (χ0) is 12.1. The molecule has 0 saturated heterocycles. The summed E-state index contributed by atoms with van der Waals surface area (Å²) in [5.74, 6) is -3.78. The van der Waals surface area contributed by atoms with Crippen molar-refractivity contribution in [1.29, 1.82) is 0 Å². The van der Waals surface area contributed by atoms with Gasteiger partial charge in [-0.3, -0.25) is 4.79 Å². The largest absolute Gasteiger partial charge is 0.469 e. The van der Waals surface area contributed by atoms with Gasteiger partial charge in [0.05, 0.1) is 13.5 Å². The van der Waals surface area contributed by atoms with Crippen LogP contribution in [0.4, 0.5) is 13.2 Å². The lowest BCUT2D eigenvalue weighted by Crippen LogP contribution is -1.97. The van der Waals surface area contributed by atoms with Crippen molar-refractivity contribution < 1.29 is 22.7 Å². The SMILES string of the molecule is COC(=O)CC=Cc1cc(F)c(F)cc1F. The number of rotatable bonds is 3. The standard InChI is InChI=1S/C11H9F3O2/c1-16-11(15)4-2-3-7-5-9(13)10(14)6-8(7)12/h2-3,5-6H,4H2,1H3. The summed E-state index contributed by atoms with van der Waals surface area (Å²) >= 11 is 0. The highest BCUT2D eigenvalue weighted by Gasteiger charge is 2.07. The van der Waals surface area contributed by atoms with E-state index in [1.54, 1.807) is 0 Å². The smallest absolute Gasteiger partial charge is 0.309 e. The first-order valence-corrected chi connectivity index (χ1v) is 4.42. The molecule has 1 rings (SSSR count). The number of ether oxygens (including phenoxy) is 1. The maximum atomic E-state index is 13.1. The van der Waals surface area contributed by atoms with Crippen molar-refractivity contribution in [2.24, 2.45) is 0 Å². The number of halogens is 3. The van der Waals surface area contributed by atoms with Gasteiger partial charge in [-0.25, -0.2) is 13.2 Å². The summed E-state index contributed by atoms with van der Waals surface area (Å²) in [6.45, 7) is 0. The van der Waals surface area contributed by atoms with E-state index < -0.39 is 23.4 Å². The van der Waals surface area contributed by atoms with E-state index in [9.17, 15) is 18.0 Å². The summed E-state index contributed by atoms with van der Waals surface area (Å²) in [7, 11) is 1.22. The third-order valence-corrected chi connectivity index (χ3v) is 1.85. The molecule has 1 aromatic rings. The topological polar surface area (TPSA) is 26.3 Å². The van der Waals surface area contributed by atoms with Crippen LogP contribution in [0.25, 0.3) is 6.08 Å². The molecule has 0 amide bonds. The fourth-order valence-corrected chi connectivity index (χ4v) is 1.03. The van der Waals surface area contributed by atoms with Gasteiger partial charge in [0.25, 0.3) is 0 Å². The summed E-state index contributed by atoms with van der Waals surface area (Å²) in [5.41, 5.74) is -0.122. The van der Waals surface area contributed by atoms with Crippen molar-refractivity contribution in [2.75, 3.05) is 7.11 Å². The second-order valence-corrected chi connectivity index (χ2v) is 2.97. The molecule has 0 bridgehead atoms. The van der Waals surface area contributed by atoms with Gasteiger partial charge in [-0.1, -0.05) is 12.2 Å². The van der Waals surface area contributed by atoms with Crippen LogP contribution < -0.4 is 0 Å². The Morgan fingerprint density at radius 1 is 1.25 bits per heavy atom. The number of hydrogen-bond donors (Lipinski definition) is 0. The lowest BCUT2D eigenvalue weighted by Gasteiger charge is -1.98. The minimum Gasteiger partial charge on any atom is -0.469 e. The average molecular weight is 230 g/mol. The highest BCUT2D eigenvalue weighted by Crippen LogP contribution is 2.15. The molecule has 0 N–H and O–H groups in total. The third-order valence-electron chi connectivity index (χ3n) is 1.85. The first-order valence-electron chi connectivity index (χ1n) is 4.42. The molecule has 0 radical (unpaired) electrons. The Hall–Kier alpha value is -1.78. The Morgan fingerprint density at radius 3 is 2.50 bits per heavy atom. The van der Waals surface area contributed by atoms with E-state index >= 15 is 0 Å². The summed E-state index contributed by atoms with van der Waals surface area (Å²) < 4.78 is 42.7. The van der Waals surface area contributed by atoms with Gasteiger partial charge in [-0.2, -0.15) is 0 Å². The first-order chi connectivity index (χ1) is 7.54. The van der Waals surface area contributed by atoms with E-state index in [1.807, 2.05) is 0 Å². The van der Waals surface area contributed by atoms with Crippen LogP contribution in [0.3, 0.4) is 0 Å². The van der Waals surface area contributed by atoms with Crippen molar-refractivity contribution in [3.05, 3.63) is 41.2 Å². The normalized spacial score (nSPS) is 10.8. The molecule has 16 heavy (non-hydrogen) atoms. The van der Waals surface area contributed by atoms with Gasteiger partial charge in [0, 0.05) is 11.6 Å². The van der Waals surface area contributed by atoms with Crippen LogP contribution in [-0.4, -0.2) is 13.1 Å². The monoisotopic (exact) mass is 230 g/mol. The number of carbonyl (C=O) groups is 1. The molecule has 0 saturated carbocycles. The van der Waals surface area contributed by atoms with E-state index in [0.717, 1.165) is 6.07 Å². The average Bonchev–Trinajstić information content (AvgIpc) is 2.25. The molecule has 0 aliphatic carbocycles. The molecule has 0 aliphatic heterocycles. The molecule has 2 nitrogen and oxygen atoms in total. The predicted molar refractivity (Wildman–Crippen MR) is 52.0 cm³/mol. The summed E-state index contributed by atoms with van der Waals surface area (Å²) in [5, 5.41) is 0. The van der Waals surface area contributed by atoms with Crippen LogP contribution in [0.5, 0.6) is 0 Å². The zero-order valence-electron chi connectivity index (χ0n) is 8.47. The highest BCUT2D eigenvalue weighted by atomic mass is 19.2. The van der Waals surface area contributed by atoms with Gasteiger partial charge >= 0.3 is 5.97 Å². The Balaban J connectivity index is 2.81. The Morgan fingerprint density at radius 2 is 1.88 bits per heavy atom. The summed E-state index contributed by atoms with van der Waals surface area (Å²) in [6.07, 6.45) is 2.44. The molecule has 0 unspecified atom stereocenters. The fraction of sp³-hybridized carbons (Fsp3) is 0.182. The molecule has 0 fully saturated rings. The Labute approximate surface area is 90.3 Å². The number of methoxy groups -OCH3 is 1. The van der Waals surface area contributed by atoms with Crippen molar-refractivity contribution in [1.82, 2.24) is 0 Å². The van der Waals surface area contributed by atoms with Gasteiger partial charge in [0.15, 0.2) is 11.6 Å². The maximum absolute atomic E-state index is 13.1. The Kier molecular flexibility index (Phi) is 4.10. The van der Waals surface area contributed by atoms with Gasteiger partial charge < -0.3 is 4.74 Å². The molecular weight excluding hydrogens is 221 g/mol. The molecule has 0 spiro atoms. The quantitative estimate of drug-likeness (QED) is 0.589. The van der Waals surface area contributed by atoms with Crippen LogP contribution in [0.1, 0.15) is 12.0 Å². The van der Waals surface area contributed by atoms with Crippen LogP contribution in [0.2, 0.25) is 0 Å². The zero-order valence-corrected chi connectivity index (χ0v) is 8.47. The van der Waals surface area contributed by atoms with E-state index in [2.05, 4.69) is 4.74 Å². The molecule has 0 aromatic heterocycles. The molecule has 0 atom stereocenters. The van der Waals surface area contributed by atoms with E-state index in [1.165, 1.54) is 19.3 Å². The van der Waals surface area contributed by atoms with Crippen LogP contribution in [0, 0.1) is 17.5 Å². The fourth-order valence-electron chi connectivity index (χ4n) is 1.03. The number of benzene rings is 1. The summed E-state index contributed by atoms with van der Waals surface area (Å²) in [6, 6.07) is 1.17. The van der Waals surface area contributed by atoms with Crippen molar-refractivity contribution >= 4 is 12.0 Å². The summed E-state index contributed by atoms with van der Waals surface area (Å²) in [4.78, 5) is 10.7. The second kappa shape index (κ2) is 5.34. The number of carbonyl (C=O) groups excluding carboxylic acids is 1. The molecular formula is C11H9F3O2. The molecule has 0 aliphatic rings. The first kappa shape index (κ1) is 12.3. The molecule has 86 valence electrons. The minimum atomic E-state index is -1.25. The number of esters is 1. The predicted octanol–water partition coefficient (Wildman–Crippen LogP) is 2.68. The minimum absolute atomic E-state index is 0.0606. The van der Waals surface area contributed by atoms with E-state index in [4.69, 9.17) is 0 Å². The van der Waals surface area contributed by atoms with Gasteiger partial charge in [0.1, 0.15) is 5.82 Å². The van der Waals surface area contributed by atoms with Crippen LogP contribution in [0.15, 0.2) is 18.2 Å². The lowest BCUT2D eigenvalue weighted by atomic mass is 10.1. The second-order valence-electron chi connectivity index (χ2n) is 2.97. The van der Waals surface area contributed by atoms with E-state index in [-0.39, 0.29) is 12.0 Å². The van der Waals surface area contributed by atoms with Crippen LogP contribution in [-0.2, 0) is 9.53 Å². The highest BCUT2D eigenvalue weighted by molar-refractivity contribution is 5.72. The molecule has 1 aromatic carbocycles. The molecule has 0 heterocycles. The van der Waals surface area contributed by atoms with Crippen molar-refractivity contribution in [3.63, 3.8) is 0 Å². The van der Waals surface area contributed by atoms with Crippen LogP contribution >= 0.6 is 0 Å². The van der Waals surface area contributed by atoms with Gasteiger partial charge in [0.2, 0.25) is 0 Å². The molecule has 5 heteroatoms. The maximum Gasteiger partial charge on any atom is 0.309 e.